The maximum atomic E-state index is 12.5. The van der Waals surface area contributed by atoms with Crippen LogP contribution in [-0.4, -0.2) is 29.3 Å². The zero-order valence-corrected chi connectivity index (χ0v) is 15.6. The van der Waals surface area contributed by atoms with Crippen LogP contribution in [0.1, 0.15) is 12.5 Å². The van der Waals surface area contributed by atoms with E-state index in [-0.39, 0.29) is 17.8 Å². The van der Waals surface area contributed by atoms with Gasteiger partial charge in [-0.3, -0.25) is 14.5 Å². The van der Waals surface area contributed by atoms with E-state index in [1.54, 1.807) is 24.3 Å². The fraction of sp³-hybridized carbons (Fsp3) is 0.158. The van der Waals surface area contributed by atoms with Gasteiger partial charge in [-0.15, -0.1) is 0 Å². The lowest BCUT2D eigenvalue weighted by Crippen LogP contribution is -2.33. The molecule has 0 aliphatic carbocycles. The van der Waals surface area contributed by atoms with E-state index in [1.165, 1.54) is 4.90 Å². The van der Waals surface area contributed by atoms with Gasteiger partial charge in [0.1, 0.15) is 5.75 Å². The van der Waals surface area contributed by atoms with Crippen molar-refractivity contribution in [2.45, 2.75) is 6.92 Å². The molecule has 0 radical (unpaired) electrons. The van der Waals surface area contributed by atoms with Crippen LogP contribution >= 0.6 is 23.4 Å². The maximum absolute atomic E-state index is 12.5. The fourth-order valence-electron chi connectivity index (χ4n) is 2.38. The van der Waals surface area contributed by atoms with E-state index in [0.29, 0.717) is 16.5 Å². The topological polar surface area (TPSA) is 58.6 Å². The van der Waals surface area contributed by atoms with Crippen LogP contribution < -0.4 is 10.1 Å². The summed E-state index contributed by atoms with van der Waals surface area (Å²) in [4.78, 5) is 26.2. The van der Waals surface area contributed by atoms with E-state index in [1.807, 2.05) is 37.3 Å². The summed E-state index contributed by atoms with van der Waals surface area (Å²) in [6.07, 6.45) is 1.71. The molecule has 5 nitrogen and oxygen atoms in total. The second kappa shape index (κ2) is 8.29. The van der Waals surface area contributed by atoms with Crippen molar-refractivity contribution in [3.63, 3.8) is 0 Å². The summed E-state index contributed by atoms with van der Waals surface area (Å²) in [7, 11) is 0. The van der Waals surface area contributed by atoms with Gasteiger partial charge < -0.3 is 10.1 Å². The first-order chi connectivity index (χ1) is 12.6. The molecule has 1 fully saturated rings. The minimum absolute atomic E-state index is 0.0889. The lowest BCUT2D eigenvalue weighted by atomic mass is 10.2. The van der Waals surface area contributed by atoms with Crippen molar-refractivity contribution in [1.82, 2.24) is 4.90 Å². The number of nitrogens with one attached hydrogen (secondary N) is 1. The molecule has 2 aromatic rings. The number of benzene rings is 2. The normalized spacial score (nSPS) is 15.6. The predicted octanol–water partition coefficient (Wildman–Crippen LogP) is 4.84. The standard InChI is InChI=1S/C19H17ClN2O3S/c1-2-25-16-8-6-13(7-9-16)10-17-18(23)22(19(24)26-17)12-21-15-5-3-4-14(20)11-15/h3-11,21H,2,12H2,1H3/b17-10+. The van der Waals surface area contributed by atoms with Crippen molar-refractivity contribution in [2.24, 2.45) is 0 Å². The van der Waals surface area contributed by atoms with Gasteiger partial charge in [-0.2, -0.15) is 0 Å². The number of imide groups is 1. The third kappa shape index (κ3) is 4.39. The molecule has 2 amide bonds. The van der Waals surface area contributed by atoms with Gasteiger partial charge in [0.15, 0.2) is 0 Å². The van der Waals surface area contributed by atoms with Crippen molar-refractivity contribution in [2.75, 3.05) is 18.6 Å². The van der Waals surface area contributed by atoms with Gasteiger partial charge in [0.05, 0.1) is 18.2 Å². The largest absolute Gasteiger partial charge is 0.494 e. The quantitative estimate of drug-likeness (QED) is 0.717. The molecule has 0 unspecified atom stereocenters. The SMILES string of the molecule is CCOc1ccc(/C=C2/SC(=O)N(CNc3cccc(Cl)c3)C2=O)cc1. The highest BCUT2D eigenvalue weighted by Crippen LogP contribution is 2.32. The Morgan fingerprint density at radius 2 is 1.96 bits per heavy atom. The van der Waals surface area contributed by atoms with Gasteiger partial charge in [-0.25, -0.2) is 0 Å². The molecule has 26 heavy (non-hydrogen) atoms. The van der Waals surface area contributed by atoms with Gasteiger partial charge in [0.2, 0.25) is 0 Å². The number of carbonyl (C=O) groups excluding carboxylic acids is 2. The summed E-state index contributed by atoms with van der Waals surface area (Å²) < 4.78 is 5.40. The molecule has 0 spiro atoms. The average Bonchev–Trinajstić information content (AvgIpc) is 2.88. The molecule has 3 rings (SSSR count). The fourth-order valence-corrected chi connectivity index (χ4v) is 3.41. The van der Waals surface area contributed by atoms with Crippen molar-refractivity contribution in [3.8, 4) is 5.75 Å². The van der Waals surface area contributed by atoms with Crippen LogP contribution in [0.5, 0.6) is 5.75 Å². The third-order valence-corrected chi connectivity index (χ3v) is 4.77. The molecular weight excluding hydrogens is 372 g/mol. The van der Waals surface area contributed by atoms with Crippen LogP contribution in [0.2, 0.25) is 5.02 Å². The summed E-state index contributed by atoms with van der Waals surface area (Å²) in [6, 6.07) is 14.5. The Labute approximate surface area is 161 Å². The second-order valence-electron chi connectivity index (χ2n) is 5.46. The first kappa shape index (κ1) is 18.4. The van der Waals surface area contributed by atoms with Crippen molar-refractivity contribution in [1.29, 1.82) is 0 Å². The molecule has 1 aliphatic rings. The summed E-state index contributed by atoms with van der Waals surface area (Å²) in [5.41, 5.74) is 1.58. The van der Waals surface area contributed by atoms with E-state index < -0.39 is 0 Å². The average molecular weight is 389 g/mol. The number of hydrogen-bond acceptors (Lipinski definition) is 5. The van der Waals surface area contributed by atoms with Crippen molar-refractivity contribution >= 4 is 46.3 Å². The highest BCUT2D eigenvalue weighted by molar-refractivity contribution is 8.18. The number of nitrogens with zero attached hydrogens (tertiary/aromatic N) is 1. The monoisotopic (exact) mass is 388 g/mol. The summed E-state index contributed by atoms with van der Waals surface area (Å²) in [5.74, 6) is 0.451. The molecule has 2 aromatic carbocycles. The number of thioether (sulfide) groups is 1. The Balaban J connectivity index is 1.67. The number of hydrogen-bond donors (Lipinski definition) is 1. The van der Waals surface area contributed by atoms with Crippen LogP contribution in [0.4, 0.5) is 10.5 Å². The van der Waals surface area contributed by atoms with Crippen LogP contribution in [0.15, 0.2) is 53.4 Å². The van der Waals surface area contributed by atoms with Gasteiger partial charge in [-0.05, 0) is 60.7 Å². The predicted molar refractivity (Wildman–Crippen MR) is 105 cm³/mol. The Morgan fingerprint density at radius 3 is 2.65 bits per heavy atom. The number of carbonyl (C=O) groups is 2. The minimum atomic E-state index is -0.316. The molecule has 0 bridgehead atoms. The zero-order chi connectivity index (χ0) is 18.5. The zero-order valence-electron chi connectivity index (χ0n) is 14.1. The summed E-state index contributed by atoms with van der Waals surface area (Å²) in [5, 5.41) is 3.32. The van der Waals surface area contributed by atoms with Gasteiger partial charge in [0, 0.05) is 10.7 Å². The second-order valence-corrected chi connectivity index (χ2v) is 6.89. The molecule has 1 heterocycles. The molecule has 0 saturated carbocycles. The molecule has 1 saturated heterocycles. The Bertz CT molecular complexity index is 852. The van der Waals surface area contributed by atoms with Crippen LogP contribution in [0.3, 0.4) is 0 Å². The van der Waals surface area contributed by atoms with Gasteiger partial charge >= 0.3 is 0 Å². The Kier molecular flexibility index (Phi) is 5.85. The molecule has 0 aromatic heterocycles. The summed E-state index contributed by atoms with van der Waals surface area (Å²) in [6.45, 7) is 2.60. The highest BCUT2D eigenvalue weighted by atomic mass is 35.5. The number of anilines is 1. The molecule has 1 N–H and O–H groups in total. The lowest BCUT2D eigenvalue weighted by Gasteiger charge is -2.14. The maximum Gasteiger partial charge on any atom is 0.295 e. The first-order valence-corrected chi connectivity index (χ1v) is 9.24. The minimum Gasteiger partial charge on any atom is -0.494 e. The highest BCUT2D eigenvalue weighted by Gasteiger charge is 2.34. The Hall–Kier alpha value is -2.44. The molecule has 0 atom stereocenters. The van der Waals surface area contributed by atoms with E-state index >= 15 is 0 Å². The Morgan fingerprint density at radius 1 is 1.19 bits per heavy atom. The number of rotatable bonds is 6. The summed E-state index contributed by atoms with van der Waals surface area (Å²) >= 11 is 6.86. The molecule has 7 heteroatoms. The van der Waals surface area contributed by atoms with E-state index in [0.717, 1.165) is 28.8 Å². The molecule has 1 aliphatic heterocycles. The lowest BCUT2D eigenvalue weighted by molar-refractivity contribution is -0.122. The van der Waals surface area contributed by atoms with Gasteiger partial charge in [-0.1, -0.05) is 29.8 Å². The third-order valence-electron chi connectivity index (χ3n) is 3.63. The van der Waals surface area contributed by atoms with Crippen LogP contribution in [-0.2, 0) is 4.79 Å². The van der Waals surface area contributed by atoms with Crippen molar-refractivity contribution < 1.29 is 14.3 Å². The van der Waals surface area contributed by atoms with Gasteiger partial charge in [0.25, 0.3) is 11.1 Å². The first-order valence-electron chi connectivity index (χ1n) is 8.04. The number of halogens is 1. The van der Waals surface area contributed by atoms with E-state index in [4.69, 9.17) is 16.3 Å². The number of ether oxygens (including phenoxy) is 1. The van der Waals surface area contributed by atoms with Crippen molar-refractivity contribution in [3.05, 3.63) is 64.0 Å². The molecular formula is C19H17ClN2O3S. The molecule has 134 valence electrons. The smallest absolute Gasteiger partial charge is 0.295 e. The van der Waals surface area contributed by atoms with Crippen LogP contribution in [0.25, 0.3) is 6.08 Å². The van der Waals surface area contributed by atoms with E-state index in [2.05, 4.69) is 5.32 Å². The number of amides is 2. The van der Waals surface area contributed by atoms with Crippen LogP contribution in [0, 0.1) is 0 Å². The van der Waals surface area contributed by atoms with E-state index in [9.17, 15) is 9.59 Å².